The highest BCUT2D eigenvalue weighted by Crippen LogP contribution is 2.41. The third-order valence-corrected chi connectivity index (χ3v) is 6.72. The van der Waals surface area contributed by atoms with Gasteiger partial charge >= 0.3 is 6.18 Å². The van der Waals surface area contributed by atoms with Crippen molar-refractivity contribution in [3.05, 3.63) is 53.9 Å². The van der Waals surface area contributed by atoms with E-state index in [2.05, 4.69) is 4.98 Å². The second kappa shape index (κ2) is 8.77. The van der Waals surface area contributed by atoms with Crippen molar-refractivity contribution in [2.75, 3.05) is 19.7 Å². The number of carbonyl (C=O) groups excluding carboxylic acids is 1. The van der Waals surface area contributed by atoms with Gasteiger partial charge in [0.25, 0.3) is 5.91 Å². The second-order valence-corrected chi connectivity index (χ2v) is 9.93. The number of aromatic nitrogens is 2. The highest BCUT2D eigenvalue weighted by Gasteiger charge is 2.38. The van der Waals surface area contributed by atoms with E-state index in [0.29, 0.717) is 48.5 Å². The third-order valence-electron chi connectivity index (χ3n) is 6.72. The van der Waals surface area contributed by atoms with E-state index in [4.69, 9.17) is 9.47 Å². The minimum absolute atomic E-state index is 0.0201. The molecule has 3 heterocycles. The van der Waals surface area contributed by atoms with E-state index < -0.39 is 12.0 Å². The van der Waals surface area contributed by atoms with Gasteiger partial charge in [-0.3, -0.25) is 4.79 Å². The van der Waals surface area contributed by atoms with Gasteiger partial charge in [-0.2, -0.15) is 13.2 Å². The lowest BCUT2D eigenvalue weighted by Crippen LogP contribution is -2.41. The average Bonchev–Trinajstić information content (AvgIpc) is 3.34. The van der Waals surface area contributed by atoms with Crippen molar-refractivity contribution in [3.8, 4) is 11.5 Å². The van der Waals surface area contributed by atoms with Gasteiger partial charge in [-0.05, 0) is 50.8 Å². The number of imidazole rings is 1. The molecule has 0 spiro atoms. The summed E-state index contributed by atoms with van der Waals surface area (Å²) >= 11 is 0. The van der Waals surface area contributed by atoms with Crippen LogP contribution in [0, 0.1) is 5.92 Å². The van der Waals surface area contributed by atoms with Crippen molar-refractivity contribution in [2.24, 2.45) is 5.92 Å². The van der Waals surface area contributed by atoms with Crippen LogP contribution in [-0.2, 0) is 23.9 Å². The summed E-state index contributed by atoms with van der Waals surface area (Å²) in [7, 11) is 0. The largest absolute Gasteiger partial charge is 0.483 e. The first kappa shape index (κ1) is 23.5. The van der Waals surface area contributed by atoms with E-state index in [1.165, 1.54) is 4.57 Å². The molecular weight excluding hydrogens is 459 g/mol. The van der Waals surface area contributed by atoms with Crippen LogP contribution in [0.4, 0.5) is 13.2 Å². The molecule has 2 aliphatic rings. The molecule has 0 saturated carbocycles. The molecule has 3 aromatic rings. The number of hydrogen-bond donors (Lipinski definition) is 0. The maximum atomic E-state index is 13.6. The predicted molar refractivity (Wildman–Crippen MR) is 124 cm³/mol. The van der Waals surface area contributed by atoms with Gasteiger partial charge in [0, 0.05) is 31.6 Å². The Hall–Kier alpha value is -3.23. The summed E-state index contributed by atoms with van der Waals surface area (Å²) in [4.78, 5) is 18.3. The number of carbonyl (C=O) groups is 1. The lowest BCUT2D eigenvalue weighted by atomic mass is 9.96. The number of fused-ring (bicyclic) bond motifs is 2. The summed E-state index contributed by atoms with van der Waals surface area (Å²) in [5.41, 5.74) is 1.57. The number of rotatable bonds is 5. The van der Waals surface area contributed by atoms with Crippen LogP contribution in [0.25, 0.3) is 11.0 Å². The van der Waals surface area contributed by atoms with E-state index in [1.54, 1.807) is 35.2 Å². The summed E-state index contributed by atoms with van der Waals surface area (Å²) in [6, 6.07) is 12.3. The molecule has 0 radical (unpaired) electrons. The number of alkyl halides is 3. The fourth-order valence-corrected chi connectivity index (χ4v) is 5.03. The standard InChI is InChI=1S/C26H28F3N3O3/c1-25(2)14-18-6-5-9-21(23(18)35-25)34-16-22(33)31-12-10-17(11-13-31)15-32-20-8-4-3-7-19(20)30-24(32)26(27,28)29/h3-9,17H,10-16H2,1-2H3. The molecule has 1 saturated heterocycles. The summed E-state index contributed by atoms with van der Waals surface area (Å²) in [6.45, 7) is 5.10. The van der Waals surface area contributed by atoms with E-state index in [-0.39, 0.29) is 30.6 Å². The maximum absolute atomic E-state index is 13.6. The molecule has 9 heteroatoms. The van der Waals surface area contributed by atoms with E-state index in [1.807, 2.05) is 26.0 Å². The van der Waals surface area contributed by atoms with Crippen molar-refractivity contribution in [1.29, 1.82) is 0 Å². The number of halogens is 3. The summed E-state index contributed by atoms with van der Waals surface area (Å²) in [5, 5.41) is 0. The third kappa shape index (κ3) is 4.81. The number of piperidine rings is 1. The topological polar surface area (TPSA) is 56.6 Å². The minimum atomic E-state index is -4.52. The average molecular weight is 488 g/mol. The molecule has 0 atom stereocenters. The van der Waals surface area contributed by atoms with Crippen LogP contribution >= 0.6 is 0 Å². The van der Waals surface area contributed by atoms with Crippen molar-refractivity contribution in [3.63, 3.8) is 0 Å². The minimum Gasteiger partial charge on any atom is -0.483 e. The Morgan fingerprint density at radius 3 is 2.63 bits per heavy atom. The summed E-state index contributed by atoms with van der Waals surface area (Å²) in [5.74, 6) is 0.264. The molecule has 0 aliphatic carbocycles. The number of benzene rings is 2. The number of para-hydroxylation sites is 3. The Morgan fingerprint density at radius 1 is 1.14 bits per heavy atom. The van der Waals surface area contributed by atoms with Crippen molar-refractivity contribution in [2.45, 2.75) is 51.4 Å². The number of nitrogens with zero attached hydrogens (tertiary/aromatic N) is 3. The summed E-state index contributed by atoms with van der Waals surface area (Å²) in [6.07, 6.45) is -2.51. The van der Waals surface area contributed by atoms with Crippen LogP contribution in [0.3, 0.4) is 0 Å². The van der Waals surface area contributed by atoms with E-state index >= 15 is 0 Å². The molecule has 2 aliphatic heterocycles. The molecule has 1 aromatic heterocycles. The SMILES string of the molecule is CC1(C)Cc2cccc(OCC(=O)N3CCC(Cn4c(C(F)(F)F)nc5ccccc54)CC3)c2O1. The molecule has 35 heavy (non-hydrogen) atoms. The zero-order valence-electron chi connectivity index (χ0n) is 19.8. The van der Waals surface area contributed by atoms with Gasteiger partial charge in [-0.15, -0.1) is 0 Å². The van der Waals surface area contributed by atoms with Crippen LogP contribution in [-0.4, -0.2) is 45.7 Å². The first-order valence-electron chi connectivity index (χ1n) is 11.8. The monoisotopic (exact) mass is 487 g/mol. The maximum Gasteiger partial charge on any atom is 0.449 e. The van der Waals surface area contributed by atoms with Crippen LogP contribution in [0.15, 0.2) is 42.5 Å². The van der Waals surface area contributed by atoms with Gasteiger partial charge in [-0.25, -0.2) is 4.98 Å². The first-order valence-corrected chi connectivity index (χ1v) is 11.8. The zero-order chi connectivity index (χ0) is 24.8. The molecule has 2 aromatic carbocycles. The Bertz CT molecular complexity index is 1240. The number of likely N-dealkylation sites (tertiary alicyclic amines) is 1. The van der Waals surface area contributed by atoms with Crippen LogP contribution in [0.2, 0.25) is 0 Å². The fourth-order valence-electron chi connectivity index (χ4n) is 5.03. The van der Waals surface area contributed by atoms with Gasteiger partial charge in [0.05, 0.1) is 11.0 Å². The molecule has 5 rings (SSSR count). The second-order valence-electron chi connectivity index (χ2n) is 9.93. The van der Waals surface area contributed by atoms with E-state index in [9.17, 15) is 18.0 Å². The number of hydrogen-bond acceptors (Lipinski definition) is 4. The molecule has 1 fully saturated rings. The zero-order valence-corrected chi connectivity index (χ0v) is 19.8. The van der Waals surface area contributed by atoms with Gasteiger partial charge in [0.2, 0.25) is 5.82 Å². The van der Waals surface area contributed by atoms with Gasteiger partial charge in [-0.1, -0.05) is 24.3 Å². The van der Waals surface area contributed by atoms with Crippen LogP contribution in [0.5, 0.6) is 11.5 Å². The predicted octanol–water partition coefficient (Wildman–Crippen LogP) is 5.09. The van der Waals surface area contributed by atoms with Gasteiger partial charge in [0.1, 0.15) is 5.60 Å². The summed E-state index contributed by atoms with van der Waals surface area (Å²) < 4.78 is 53.9. The molecule has 1 amide bonds. The molecular formula is C26H28F3N3O3. The highest BCUT2D eigenvalue weighted by atomic mass is 19.4. The van der Waals surface area contributed by atoms with Gasteiger partial charge < -0.3 is 18.9 Å². The Labute approximate surface area is 201 Å². The molecule has 0 N–H and O–H groups in total. The highest BCUT2D eigenvalue weighted by molar-refractivity contribution is 5.78. The van der Waals surface area contributed by atoms with Crippen molar-refractivity contribution < 1.29 is 27.4 Å². The lowest BCUT2D eigenvalue weighted by Gasteiger charge is -2.32. The van der Waals surface area contributed by atoms with Crippen LogP contribution < -0.4 is 9.47 Å². The lowest BCUT2D eigenvalue weighted by molar-refractivity contribution is -0.147. The molecule has 6 nitrogen and oxygen atoms in total. The van der Waals surface area contributed by atoms with Crippen molar-refractivity contribution in [1.82, 2.24) is 14.5 Å². The van der Waals surface area contributed by atoms with E-state index in [0.717, 1.165) is 12.0 Å². The quantitative estimate of drug-likeness (QED) is 0.503. The first-order chi connectivity index (χ1) is 16.6. The Balaban J connectivity index is 1.19. The van der Waals surface area contributed by atoms with Crippen molar-refractivity contribution >= 4 is 16.9 Å². The molecule has 0 bridgehead atoms. The normalized spacial score (nSPS) is 17.9. The number of ether oxygens (including phenoxy) is 2. The fraction of sp³-hybridized carbons (Fsp3) is 0.462. The van der Waals surface area contributed by atoms with Crippen LogP contribution in [0.1, 0.15) is 38.1 Å². The Kier molecular flexibility index (Phi) is 5.89. The number of amides is 1. The smallest absolute Gasteiger partial charge is 0.449 e. The molecule has 186 valence electrons. The Morgan fingerprint density at radius 2 is 1.89 bits per heavy atom. The van der Waals surface area contributed by atoms with Gasteiger partial charge in [0.15, 0.2) is 18.1 Å². The molecule has 0 unspecified atom stereocenters.